The fraction of sp³-hybridized carbons (Fsp3) is 0.0769. The van der Waals surface area contributed by atoms with Crippen molar-refractivity contribution in [2.24, 2.45) is 5.73 Å². The molecule has 0 aliphatic heterocycles. The summed E-state index contributed by atoms with van der Waals surface area (Å²) in [6.45, 7) is 0.333. The summed E-state index contributed by atoms with van der Waals surface area (Å²) in [5, 5.41) is 1.03. The van der Waals surface area contributed by atoms with Gasteiger partial charge >= 0.3 is 0 Å². The lowest BCUT2D eigenvalue weighted by atomic mass is 9.99. The summed E-state index contributed by atoms with van der Waals surface area (Å²) in [6.07, 6.45) is 0. The van der Waals surface area contributed by atoms with E-state index in [9.17, 15) is 4.39 Å². The summed E-state index contributed by atoms with van der Waals surface area (Å²) in [4.78, 5) is 0. The molecule has 0 aromatic heterocycles. The second-order valence-corrected chi connectivity index (χ2v) is 4.54. The second kappa shape index (κ2) is 5.05. The van der Waals surface area contributed by atoms with Crippen molar-refractivity contribution in [3.8, 4) is 11.1 Å². The fourth-order valence-corrected chi connectivity index (χ4v) is 2.23. The third-order valence-electron chi connectivity index (χ3n) is 2.47. The van der Waals surface area contributed by atoms with Crippen LogP contribution in [0.4, 0.5) is 4.39 Å². The minimum Gasteiger partial charge on any atom is -0.326 e. The number of benzene rings is 2. The first-order valence-electron chi connectivity index (χ1n) is 5.05. The van der Waals surface area contributed by atoms with Crippen molar-refractivity contribution in [2.45, 2.75) is 6.54 Å². The third-order valence-corrected chi connectivity index (χ3v) is 2.90. The van der Waals surface area contributed by atoms with Crippen LogP contribution < -0.4 is 5.73 Å². The molecule has 88 valence electrons. The van der Waals surface area contributed by atoms with Crippen LogP contribution in [0.3, 0.4) is 0 Å². The zero-order valence-electron chi connectivity index (χ0n) is 8.88. The first-order chi connectivity index (χ1) is 8.10. The lowest BCUT2D eigenvalue weighted by molar-refractivity contribution is 0.627. The lowest BCUT2D eigenvalue weighted by Gasteiger charge is -2.09. The molecule has 0 amide bonds. The summed E-state index contributed by atoms with van der Waals surface area (Å²) >= 11 is 11.9. The predicted molar refractivity (Wildman–Crippen MR) is 69.7 cm³/mol. The van der Waals surface area contributed by atoms with E-state index in [0.717, 1.165) is 16.7 Å². The lowest BCUT2D eigenvalue weighted by Crippen LogP contribution is -1.99. The van der Waals surface area contributed by atoms with Crippen LogP contribution >= 0.6 is 23.2 Å². The van der Waals surface area contributed by atoms with Gasteiger partial charge in [0.2, 0.25) is 0 Å². The average molecular weight is 270 g/mol. The summed E-state index contributed by atoms with van der Waals surface area (Å²) in [5.41, 5.74) is 7.96. The predicted octanol–water partition coefficient (Wildman–Crippen LogP) is 4.26. The van der Waals surface area contributed by atoms with Gasteiger partial charge in [-0.15, -0.1) is 0 Å². The molecule has 0 saturated heterocycles. The van der Waals surface area contributed by atoms with Gasteiger partial charge in [0.15, 0.2) is 0 Å². The van der Waals surface area contributed by atoms with Gasteiger partial charge in [0.05, 0.1) is 0 Å². The summed E-state index contributed by atoms with van der Waals surface area (Å²) in [5.74, 6) is -0.312. The third kappa shape index (κ3) is 2.78. The molecule has 0 radical (unpaired) electrons. The molecule has 4 heteroatoms. The maximum absolute atomic E-state index is 13.3. The highest BCUT2D eigenvalue weighted by molar-refractivity contribution is 6.35. The van der Waals surface area contributed by atoms with Crippen LogP contribution in [-0.2, 0) is 6.54 Å². The Labute approximate surface area is 109 Å². The van der Waals surface area contributed by atoms with Crippen molar-refractivity contribution < 1.29 is 4.39 Å². The first-order valence-corrected chi connectivity index (χ1v) is 5.80. The van der Waals surface area contributed by atoms with E-state index in [1.54, 1.807) is 24.3 Å². The summed E-state index contributed by atoms with van der Waals surface area (Å²) in [7, 11) is 0. The quantitative estimate of drug-likeness (QED) is 0.866. The van der Waals surface area contributed by atoms with Gasteiger partial charge in [0.25, 0.3) is 0 Å². The Morgan fingerprint density at radius 1 is 1.00 bits per heavy atom. The Morgan fingerprint density at radius 2 is 1.65 bits per heavy atom. The van der Waals surface area contributed by atoms with E-state index in [2.05, 4.69) is 0 Å². The van der Waals surface area contributed by atoms with Crippen LogP contribution in [-0.4, -0.2) is 0 Å². The molecule has 2 aromatic rings. The molecule has 0 aliphatic carbocycles. The van der Waals surface area contributed by atoms with Crippen LogP contribution in [0, 0.1) is 5.82 Å². The molecule has 0 heterocycles. The minimum atomic E-state index is -0.312. The van der Waals surface area contributed by atoms with Gasteiger partial charge in [-0.3, -0.25) is 0 Å². The molecule has 0 bridgehead atoms. The van der Waals surface area contributed by atoms with Gasteiger partial charge < -0.3 is 5.73 Å². The number of hydrogen-bond donors (Lipinski definition) is 1. The smallest absolute Gasteiger partial charge is 0.123 e. The average Bonchev–Trinajstić information content (AvgIpc) is 2.27. The molecular formula is C13H10Cl2FN. The van der Waals surface area contributed by atoms with Crippen LogP contribution in [0.2, 0.25) is 10.0 Å². The molecule has 1 nitrogen and oxygen atoms in total. The molecule has 0 atom stereocenters. The number of halogens is 3. The van der Waals surface area contributed by atoms with Crippen molar-refractivity contribution in [2.75, 3.05) is 0 Å². The van der Waals surface area contributed by atoms with E-state index in [4.69, 9.17) is 28.9 Å². The molecule has 2 aromatic carbocycles. The van der Waals surface area contributed by atoms with Crippen molar-refractivity contribution in [3.05, 3.63) is 57.8 Å². The highest BCUT2D eigenvalue weighted by Gasteiger charge is 2.07. The molecule has 2 rings (SSSR count). The number of hydrogen-bond acceptors (Lipinski definition) is 1. The first kappa shape index (κ1) is 12.4. The highest BCUT2D eigenvalue weighted by Crippen LogP contribution is 2.30. The molecule has 0 spiro atoms. The number of nitrogens with two attached hydrogens (primary N) is 1. The second-order valence-electron chi connectivity index (χ2n) is 3.66. The van der Waals surface area contributed by atoms with Crippen molar-refractivity contribution >= 4 is 23.2 Å². The summed E-state index contributed by atoms with van der Waals surface area (Å²) in [6, 6.07) is 9.60. The van der Waals surface area contributed by atoms with E-state index in [-0.39, 0.29) is 5.82 Å². The van der Waals surface area contributed by atoms with Gasteiger partial charge in [-0.2, -0.15) is 0 Å². The highest BCUT2D eigenvalue weighted by atomic mass is 35.5. The van der Waals surface area contributed by atoms with E-state index >= 15 is 0 Å². The molecule has 2 N–H and O–H groups in total. The Bertz CT molecular complexity index is 535. The Balaban J connectivity index is 2.62. The normalized spacial score (nSPS) is 10.6. The van der Waals surface area contributed by atoms with E-state index in [0.29, 0.717) is 16.6 Å². The molecule has 0 unspecified atom stereocenters. The molecular weight excluding hydrogens is 260 g/mol. The van der Waals surface area contributed by atoms with Gasteiger partial charge in [-0.1, -0.05) is 29.3 Å². The van der Waals surface area contributed by atoms with Crippen molar-refractivity contribution in [1.82, 2.24) is 0 Å². The minimum absolute atomic E-state index is 0.312. The monoisotopic (exact) mass is 269 g/mol. The largest absolute Gasteiger partial charge is 0.326 e. The standard InChI is InChI=1S/C13H10Cl2FN/c14-10-3-9(4-11(15)5-10)13-6-12(16)2-1-8(13)7-17/h1-6H,7,17H2. The fourth-order valence-electron chi connectivity index (χ4n) is 1.70. The molecule has 0 aliphatic rings. The topological polar surface area (TPSA) is 26.0 Å². The maximum Gasteiger partial charge on any atom is 0.123 e. The van der Waals surface area contributed by atoms with Crippen molar-refractivity contribution in [1.29, 1.82) is 0 Å². The van der Waals surface area contributed by atoms with E-state index in [1.165, 1.54) is 12.1 Å². The maximum atomic E-state index is 13.3. The van der Waals surface area contributed by atoms with Gasteiger partial charge in [-0.05, 0) is 47.0 Å². The van der Waals surface area contributed by atoms with E-state index < -0.39 is 0 Å². The van der Waals surface area contributed by atoms with Gasteiger partial charge in [0, 0.05) is 16.6 Å². The van der Waals surface area contributed by atoms with Crippen molar-refractivity contribution in [3.63, 3.8) is 0 Å². The molecule has 0 fully saturated rings. The van der Waals surface area contributed by atoms with Crippen LogP contribution in [0.25, 0.3) is 11.1 Å². The Kier molecular flexibility index (Phi) is 3.67. The summed E-state index contributed by atoms with van der Waals surface area (Å²) < 4.78 is 13.3. The van der Waals surface area contributed by atoms with Crippen LogP contribution in [0.1, 0.15) is 5.56 Å². The zero-order valence-corrected chi connectivity index (χ0v) is 10.4. The number of rotatable bonds is 2. The molecule has 0 saturated carbocycles. The van der Waals surface area contributed by atoms with Crippen LogP contribution in [0.5, 0.6) is 0 Å². The SMILES string of the molecule is NCc1ccc(F)cc1-c1cc(Cl)cc(Cl)c1. The Morgan fingerprint density at radius 3 is 2.24 bits per heavy atom. The Hall–Kier alpha value is -1.09. The molecule has 17 heavy (non-hydrogen) atoms. The van der Waals surface area contributed by atoms with Gasteiger partial charge in [-0.25, -0.2) is 4.39 Å². The van der Waals surface area contributed by atoms with Gasteiger partial charge in [0.1, 0.15) is 5.82 Å². The van der Waals surface area contributed by atoms with Crippen LogP contribution in [0.15, 0.2) is 36.4 Å². The zero-order chi connectivity index (χ0) is 12.4. The van der Waals surface area contributed by atoms with E-state index in [1.807, 2.05) is 0 Å².